The van der Waals surface area contributed by atoms with Gasteiger partial charge in [-0.15, -0.1) is 0 Å². The molecule has 2 aromatic carbocycles. The van der Waals surface area contributed by atoms with Gasteiger partial charge in [-0.05, 0) is 46.7 Å². The van der Waals surface area contributed by atoms with E-state index in [9.17, 15) is 5.11 Å². The van der Waals surface area contributed by atoms with Gasteiger partial charge in [-0.3, -0.25) is 0 Å². The predicted molar refractivity (Wildman–Crippen MR) is 80.7 cm³/mol. The van der Waals surface area contributed by atoms with Crippen molar-refractivity contribution in [2.45, 2.75) is 0 Å². The van der Waals surface area contributed by atoms with E-state index in [4.69, 9.17) is 0 Å². The van der Waals surface area contributed by atoms with Crippen molar-refractivity contribution in [3.63, 3.8) is 0 Å². The molecule has 3 nitrogen and oxygen atoms in total. The van der Waals surface area contributed by atoms with Crippen LogP contribution < -0.4 is 0 Å². The van der Waals surface area contributed by atoms with Gasteiger partial charge in [-0.1, -0.05) is 18.2 Å². The highest BCUT2D eigenvalue weighted by Crippen LogP contribution is 2.30. The maximum Gasteiger partial charge on any atom is 0.137 e. The minimum atomic E-state index is 0.293. The van der Waals surface area contributed by atoms with Crippen LogP contribution in [-0.2, 0) is 0 Å². The molecule has 0 saturated carbocycles. The molecule has 0 amide bonds. The maximum atomic E-state index is 9.51. The molecule has 0 aliphatic rings. The number of benzene rings is 2. The number of nitrogens with one attached hydrogen (secondary N) is 1. The summed E-state index contributed by atoms with van der Waals surface area (Å²) in [7, 11) is 0. The van der Waals surface area contributed by atoms with Crippen LogP contribution >= 0.6 is 0 Å². The van der Waals surface area contributed by atoms with Crippen molar-refractivity contribution >= 4 is 21.8 Å². The molecule has 0 aliphatic heterocycles. The minimum Gasteiger partial charge on any atom is -0.508 e. The molecule has 20 heavy (non-hydrogen) atoms. The third kappa shape index (κ3) is 1.64. The van der Waals surface area contributed by atoms with Gasteiger partial charge < -0.3 is 10.1 Å². The van der Waals surface area contributed by atoms with Crippen LogP contribution in [0.5, 0.6) is 5.75 Å². The first-order valence-corrected chi connectivity index (χ1v) is 6.46. The van der Waals surface area contributed by atoms with E-state index in [-0.39, 0.29) is 0 Å². The van der Waals surface area contributed by atoms with Gasteiger partial charge in [0.2, 0.25) is 0 Å². The number of phenols is 1. The molecule has 0 atom stereocenters. The Bertz CT molecular complexity index is 924. The topological polar surface area (TPSA) is 48.9 Å². The van der Waals surface area contributed by atoms with Crippen molar-refractivity contribution in [3.05, 3.63) is 60.9 Å². The first-order chi connectivity index (χ1) is 9.81. The minimum absolute atomic E-state index is 0.293. The lowest BCUT2D eigenvalue weighted by molar-refractivity contribution is 0.476. The summed E-state index contributed by atoms with van der Waals surface area (Å²) < 4.78 is 0. The van der Waals surface area contributed by atoms with E-state index >= 15 is 0 Å². The van der Waals surface area contributed by atoms with E-state index in [0.717, 1.165) is 32.9 Å². The van der Waals surface area contributed by atoms with E-state index in [1.54, 1.807) is 18.3 Å². The molecule has 96 valence electrons. The molecule has 0 bridgehead atoms. The molecule has 0 spiro atoms. The average Bonchev–Trinajstić information content (AvgIpc) is 2.91. The third-order valence-corrected chi connectivity index (χ3v) is 3.59. The normalized spacial score (nSPS) is 11.2. The number of hydrogen-bond donors (Lipinski definition) is 2. The molecule has 0 saturated heterocycles. The number of aromatic hydroxyl groups is 1. The second kappa shape index (κ2) is 4.10. The highest BCUT2D eigenvalue weighted by atomic mass is 16.3. The van der Waals surface area contributed by atoms with E-state index in [0.29, 0.717) is 5.75 Å². The molecule has 4 rings (SSSR count). The van der Waals surface area contributed by atoms with Gasteiger partial charge in [0, 0.05) is 23.3 Å². The molecule has 0 aliphatic carbocycles. The fourth-order valence-electron chi connectivity index (χ4n) is 2.60. The van der Waals surface area contributed by atoms with Crippen LogP contribution in [0.25, 0.3) is 32.9 Å². The van der Waals surface area contributed by atoms with E-state index < -0.39 is 0 Å². The number of nitrogens with zero attached hydrogens (tertiary/aromatic N) is 1. The van der Waals surface area contributed by atoms with Gasteiger partial charge in [-0.25, -0.2) is 4.98 Å². The summed E-state index contributed by atoms with van der Waals surface area (Å²) in [6.45, 7) is 0. The lowest BCUT2D eigenvalue weighted by atomic mass is 10.0. The Morgan fingerprint density at radius 2 is 1.80 bits per heavy atom. The number of H-pyrrole nitrogens is 1. The van der Waals surface area contributed by atoms with E-state index in [2.05, 4.69) is 28.2 Å². The first kappa shape index (κ1) is 11.1. The largest absolute Gasteiger partial charge is 0.508 e. The van der Waals surface area contributed by atoms with Crippen molar-refractivity contribution in [3.8, 4) is 16.9 Å². The third-order valence-electron chi connectivity index (χ3n) is 3.59. The lowest BCUT2D eigenvalue weighted by Crippen LogP contribution is -1.78. The van der Waals surface area contributed by atoms with Gasteiger partial charge in [0.05, 0.1) is 0 Å². The molecule has 0 radical (unpaired) electrons. The van der Waals surface area contributed by atoms with E-state index in [1.165, 1.54) is 0 Å². The van der Waals surface area contributed by atoms with Crippen molar-refractivity contribution in [1.29, 1.82) is 0 Å². The van der Waals surface area contributed by atoms with Gasteiger partial charge in [0.15, 0.2) is 0 Å². The van der Waals surface area contributed by atoms with Crippen LogP contribution in [0.2, 0.25) is 0 Å². The number of phenolic OH excluding ortho intramolecular Hbond substituents is 1. The molecule has 0 fully saturated rings. The van der Waals surface area contributed by atoms with Crippen LogP contribution in [-0.4, -0.2) is 15.1 Å². The van der Waals surface area contributed by atoms with Gasteiger partial charge in [-0.2, -0.15) is 0 Å². The smallest absolute Gasteiger partial charge is 0.137 e. The Kier molecular flexibility index (Phi) is 2.27. The summed E-state index contributed by atoms with van der Waals surface area (Å²) in [4.78, 5) is 7.51. The summed E-state index contributed by atoms with van der Waals surface area (Å²) in [6, 6.07) is 15.6. The number of aromatic nitrogens is 2. The average molecular weight is 260 g/mol. The molecule has 2 aromatic heterocycles. The Labute approximate surface area is 115 Å². The highest BCUT2D eigenvalue weighted by molar-refractivity contribution is 5.97. The summed E-state index contributed by atoms with van der Waals surface area (Å²) >= 11 is 0. The fraction of sp³-hybridized carbons (Fsp3) is 0. The van der Waals surface area contributed by atoms with Gasteiger partial charge >= 0.3 is 0 Å². The zero-order chi connectivity index (χ0) is 13.5. The standard InChI is InChI=1S/C17H12N2O/c20-14-6-5-11-8-13(4-3-12(11)9-14)16-10-19-17-15(16)2-1-7-18-17/h1-10,20H,(H,18,19). The molecular formula is C17H12N2O. The predicted octanol–water partition coefficient (Wildman–Crippen LogP) is 4.09. The van der Waals surface area contributed by atoms with Gasteiger partial charge in [0.1, 0.15) is 11.4 Å². The molecule has 4 aromatic rings. The maximum absolute atomic E-state index is 9.51. The molecular weight excluding hydrogens is 248 g/mol. The monoisotopic (exact) mass is 260 g/mol. The molecule has 2 heterocycles. The van der Waals surface area contributed by atoms with Crippen LogP contribution in [0, 0.1) is 0 Å². The van der Waals surface area contributed by atoms with Crippen LogP contribution in [0.3, 0.4) is 0 Å². The number of hydrogen-bond acceptors (Lipinski definition) is 2. The zero-order valence-electron chi connectivity index (χ0n) is 10.7. The Morgan fingerprint density at radius 1 is 0.950 bits per heavy atom. The highest BCUT2D eigenvalue weighted by Gasteiger charge is 2.07. The molecule has 0 unspecified atom stereocenters. The SMILES string of the molecule is Oc1ccc2cc(-c3c[nH]c4ncccc34)ccc2c1. The number of pyridine rings is 1. The summed E-state index contributed by atoms with van der Waals surface area (Å²) in [5, 5.41) is 12.8. The van der Waals surface area contributed by atoms with E-state index in [1.807, 2.05) is 24.4 Å². The quantitative estimate of drug-likeness (QED) is 0.541. The van der Waals surface area contributed by atoms with Gasteiger partial charge in [0.25, 0.3) is 0 Å². The summed E-state index contributed by atoms with van der Waals surface area (Å²) in [5.41, 5.74) is 3.18. The van der Waals surface area contributed by atoms with Crippen LogP contribution in [0.15, 0.2) is 60.9 Å². The Balaban J connectivity index is 1.96. The van der Waals surface area contributed by atoms with Crippen LogP contribution in [0.4, 0.5) is 0 Å². The van der Waals surface area contributed by atoms with Crippen molar-refractivity contribution < 1.29 is 5.11 Å². The second-order valence-corrected chi connectivity index (χ2v) is 4.85. The first-order valence-electron chi connectivity index (χ1n) is 6.46. The summed E-state index contributed by atoms with van der Waals surface area (Å²) in [6.07, 6.45) is 3.77. The van der Waals surface area contributed by atoms with Crippen molar-refractivity contribution in [1.82, 2.24) is 9.97 Å². The molecule has 2 N–H and O–H groups in total. The Hall–Kier alpha value is -2.81. The second-order valence-electron chi connectivity index (χ2n) is 4.85. The number of aromatic amines is 1. The molecule has 3 heteroatoms. The van der Waals surface area contributed by atoms with Crippen molar-refractivity contribution in [2.24, 2.45) is 0 Å². The number of fused-ring (bicyclic) bond motifs is 2. The van der Waals surface area contributed by atoms with Crippen molar-refractivity contribution in [2.75, 3.05) is 0 Å². The zero-order valence-corrected chi connectivity index (χ0v) is 10.7. The fourth-order valence-corrected chi connectivity index (χ4v) is 2.60. The number of rotatable bonds is 1. The Morgan fingerprint density at radius 3 is 2.75 bits per heavy atom. The lowest BCUT2D eigenvalue weighted by Gasteiger charge is -2.03. The summed E-state index contributed by atoms with van der Waals surface area (Å²) in [5.74, 6) is 0.293. The van der Waals surface area contributed by atoms with Crippen LogP contribution in [0.1, 0.15) is 0 Å².